The van der Waals surface area contributed by atoms with Gasteiger partial charge >= 0.3 is 0 Å². The molecule has 1 aliphatic carbocycles. The molecule has 0 radical (unpaired) electrons. The number of carbonyl (C=O) groups is 1. The second-order valence-electron chi connectivity index (χ2n) is 7.20. The average Bonchev–Trinajstić information content (AvgIpc) is 3.13. The van der Waals surface area contributed by atoms with Crippen LogP contribution in [0.1, 0.15) is 44.6 Å². The first-order chi connectivity index (χ1) is 12.6. The number of para-hydroxylation sites is 1. The van der Waals surface area contributed by atoms with E-state index in [2.05, 4.69) is 16.4 Å². The predicted molar refractivity (Wildman–Crippen MR) is 101 cm³/mol. The molecule has 2 aliphatic rings. The van der Waals surface area contributed by atoms with E-state index < -0.39 is 0 Å². The molecule has 1 fully saturated rings. The maximum atomic E-state index is 11.6. The summed E-state index contributed by atoms with van der Waals surface area (Å²) >= 11 is 0. The van der Waals surface area contributed by atoms with Crippen LogP contribution in [-0.2, 0) is 4.79 Å². The van der Waals surface area contributed by atoms with Gasteiger partial charge in [0.05, 0.1) is 11.6 Å². The standard InChI is InChI=1S/C20H24N4O2/c1-13(25)24-10-9-15(12-24)18-4-2-3-14-11-21-20(23-19(14)18)22-16-5-7-17(26)8-6-16/h2-4,11-12,16-17,26H,5-10H2,1H3,(H,21,22,23). The summed E-state index contributed by atoms with van der Waals surface area (Å²) in [5, 5.41) is 14.1. The van der Waals surface area contributed by atoms with E-state index in [4.69, 9.17) is 4.98 Å². The predicted octanol–water partition coefficient (Wildman–Crippen LogP) is 2.94. The number of hydrogen-bond donors (Lipinski definition) is 2. The van der Waals surface area contributed by atoms with Gasteiger partial charge in [-0.3, -0.25) is 4.79 Å². The lowest BCUT2D eigenvalue weighted by molar-refractivity contribution is -0.125. The molecule has 0 saturated heterocycles. The molecule has 0 bridgehead atoms. The zero-order valence-corrected chi connectivity index (χ0v) is 15.0. The number of aliphatic hydroxyl groups excluding tert-OH is 1. The van der Waals surface area contributed by atoms with Gasteiger partial charge in [-0.2, -0.15) is 0 Å². The third-order valence-corrected chi connectivity index (χ3v) is 5.32. The van der Waals surface area contributed by atoms with Crippen molar-refractivity contribution in [1.82, 2.24) is 14.9 Å². The number of fused-ring (bicyclic) bond motifs is 1. The lowest BCUT2D eigenvalue weighted by Crippen LogP contribution is -2.28. The highest BCUT2D eigenvalue weighted by Crippen LogP contribution is 2.30. The Bertz CT molecular complexity index is 856. The second-order valence-corrected chi connectivity index (χ2v) is 7.20. The molecule has 2 heterocycles. The maximum absolute atomic E-state index is 11.6. The van der Waals surface area contributed by atoms with E-state index in [9.17, 15) is 9.90 Å². The first-order valence-electron chi connectivity index (χ1n) is 9.29. The molecule has 6 heteroatoms. The van der Waals surface area contributed by atoms with Crippen molar-refractivity contribution in [3.05, 3.63) is 36.2 Å². The van der Waals surface area contributed by atoms with E-state index in [1.165, 1.54) is 0 Å². The molecule has 4 rings (SSSR count). The number of benzene rings is 1. The van der Waals surface area contributed by atoms with Crippen LogP contribution in [-0.4, -0.2) is 44.6 Å². The summed E-state index contributed by atoms with van der Waals surface area (Å²) in [5.74, 6) is 0.699. The van der Waals surface area contributed by atoms with Crippen molar-refractivity contribution in [1.29, 1.82) is 0 Å². The smallest absolute Gasteiger partial charge is 0.223 e. The summed E-state index contributed by atoms with van der Waals surface area (Å²) in [6, 6.07) is 6.39. The Morgan fingerprint density at radius 3 is 2.81 bits per heavy atom. The van der Waals surface area contributed by atoms with Gasteiger partial charge in [0.2, 0.25) is 11.9 Å². The molecule has 136 valence electrons. The first-order valence-corrected chi connectivity index (χ1v) is 9.29. The zero-order chi connectivity index (χ0) is 18.1. The molecule has 1 saturated carbocycles. The van der Waals surface area contributed by atoms with Crippen LogP contribution in [0.3, 0.4) is 0 Å². The Morgan fingerprint density at radius 1 is 1.27 bits per heavy atom. The minimum atomic E-state index is -0.171. The molecule has 1 aliphatic heterocycles. The van der Waals surface area contributed by atoms with Crippen LogP contribution in [0, 0.1) is 0 Å². The van der Waals surface area contributed by atoms with E-state index in [1.807, 2.05) is 24.5 Å². The van der Waals surface area contributed by atoms with Gasteiger partial charge in [0.1, 0.15) is 0 Å². The number of nitrogens with one attached hydrogen (secondary N) is 1. The van der Waals surface area contributed by atoms with Crippen molar-refractivity contribution in [2.24, 2.45) is 0 Å². The topological polar surface area (TPSA) is 78.4 Å². The Hall–Kier alpha value is -2.47. The van der Waals surface area contributed by atoms with E-state index >= 15 is 0 Å². The van der Waals surface area contributed by atoms with Gasteiger partial charge in [0.15, 0.2) is 0 Å². The van der Waals surface area contributed by atoms with Crippen molar-refractivity contribution in [2.45, 2.75) is 51.2 Å². The molecule has 1 amide bonds. The maximum Gasteiger partial charge on any atom is 0.223 e. The van der Waals surface area contributed by atoms with Crippen LogP contribution in [0.25, 0.3) is 16.5 Å². The summed E-state index contributed by atoms with van der Waals surface area (Å²) < 4.78 is 0. The SMILES string of the molecule is CC(=O)N1C=C(c2cccc3cnc(NC4CCC(O)CC4)nc23)CC1. The molecule has 0 unspecified atom stereocenters. The number of rotatable bonds is 3. The van der Waals surface area contributed by atoms with Crippen LogP contribution in [0.4, 0.5) is 5.95 Å². The van der Waals surface area contributed by atoms with Gasteiger partial charge in [-0.1, -0.05) is 18.2 Å². The van der Waals surface area contributed by atoms with Crippen LogP contribution in [0.15, 0.2) is 30.6 Å². The number of anilines is 1. The first kappa shape index (κ1) is 17.0. The molecule has 0 atom stereocenters. The highest BCUT2D eigenvalue weighted by molar-refractivity contribution is 5.92. The quantitative estimate of drug-likeness (QED) is 0.888. The Balaban J connectivity index is 1.63. The summed E-state index contributed by atoms with van der Waals surface area (Å²) in [5.41, 5.74) is 3.12. The van der Waals surface area contributed by atoms with Gasteiger partial charge in [0, 0.05) is 42.9 Å². The summed E-state index contributed by atoms with van der Waals surface area (Å²) in [7, 11) is 0. The Morgan fingerprint density at radius 2 is 2.08 bits per heavy atom. The number of amides is 1. The third-order valence-electron chi connectivity index (χ3n) is 5.32. The Labute approximate surface area is 152 Å². The van der Waals surface area contributed by atoms with Crippen molar-refractivity contribution in [3.8, 4) is 0 Å². The van der Waals surface area contributed by atoms with Gasteiger partial charge in [-0.15, -0.1) is 0 Å². The summed E-state index contributed by atoms with van der Waals surface area (Å²) in [4.78, 5) is 22.6. The van der Waals surface area contributed by atoms with Crippen LogP contribution >= 0.6 is 0 Å². The molecular weight excluding hydrogens is 328 g/mol. The van der Waals surface area contributed by atoms with Gasteiger partial charge in [-0.25, -0.2) is 9.97 Å². The molecule has 2 N–H and O–H groups in total. The van der Waals surface area contributed by atoms with E-state index in [1.54, 1.807) is 11.8 Å². The zero-order valence-electron chi connectivity index (χ0n) is 15.0. The van der Waals surface area contributed by atoms with Gasteiger partial charge < -0.3 is 15.3 Å². The molecule has 1 aromatic carbocycles. The van der Waals surface area contributed by atoms with E-state index in [0.717, 1.165) is 60.7 Å². The number of hydrogen-bond acceptors (Lipinski definition) is 5. The second kappa shape index (κ2) is 7.03. The lowest BCUT2D eigenvalue weighted by atomic mass is 9.93. The van der Waals surface area contributed by atoms with Gasteiger partial charge in [-0.05, 0) is 37.7 Å². The van der Waals surface area contributed by atoms with E-state index in [0.29, 0.717) is 12.0 Å². The third kappa shape index (κ3) is 3.42. The number of nitrogens with zero attached hydrogens (tertiary/aromatic N) is 3. The number of aromatic nitrogens is 2. The molecule has 6 nitrogen and oxygen atoms in total. The average molecular weight is 352 g/mol. The van der Waals surface area contributed by atoms with Crippen molar-refractivity contribution in [2.75, 3.05) is 11.9 Å². The number of aliphatic hydroxyl groups is 1. The number of carbonyl (C=O) groups excluding carboxylic acids is 1. The van der Waals surface area contributed by atoms with Crippen molar-refractivity contribution < 1.29 is 9.90 Å². The monoisotopic (exact) mass is 352 g/mol. The minimum absolute atomic E-state index is 0.0664. The van der Waals surface area contributed by atoms with Crippen LogP contribution < -0.4 is 5.32 Å². The fourth-order valence-corrected chi connectivity index (χ4v) is 3.80. The molecule has 0 spiro atoms. The molecule has 26 heavy (non-hydrogen) atoms. The molecular formula is C20H24N4O2. The van der Waals surface area contributed by atoms with Gasteiger partial charge in [0.25, 0.3) is 0 Å². The lowest BCUT2D eigenvalue weighted by Gasteiger charge is -2.26. The summed E-state index contributed by atoms with van der Waals surface area (Å²) in [6.45, 7) is 2.31. The molecule has 1 aromatic heterocycles. The Kier molecular flexibility index (Phi) is 4.59. The van der Waals surface area contributed by atoms with Crippen molar-refractivity contribution in [3.63, 3.8) is 0 Å². The molecule has 2 aromatic rings. The largest absolute Gasteiger partial charge is 0.393 e. The van der Waals surface area contributed by atoms with Crippen LogP contribution in [0.5, 0.6) is 0 Å². The fourth-order valence-electron chi connectivity index (χ4n) is 3.80. The van der Waals surface area contributed by atoms with E-state index in [-0.39, 0.29) is 12.0 Å². The highest BCUT2D eigenvalue weighted by Gasteiger charge is 2.21. The summed E-state index contributed by atoms with van der Waals surface area (Å²) in [6.07, 6.45) is 7.97. The fraction of sp³-hybridized carbons (Fsp3) is 0.450. The van der Waals surface area contributed by atoms with Crippen LogP contribution in [0.2, 0.25) is 0 Å². The highest BCUT2D eigenvalue weighted by atomic mass is 16.3. The normalized spacial score (nSPS) is 23.2. The minimum Gasteiger partial charge on any atom is -0.393 e. The van der Waals surface area contributed by atoms with Crippen molar-refractivity contribution >= 4 is 28.3 Å².